The summed E-state index contributed by atoms with van der Waals surface area (Å²) in [5, 5.41) is 3.27. The van der Waals surface area contributed by atoms with Crippen molar-refractivity contribution in [1.82, 2.24) is 4.90 Å². The molecule has 1 fully saturated rings. The van der Waals surface area contributed by atoms with Gasteiger partial charge in [0, 0.05) is 29.4 Å². The van der Waals surface area contributed by atoms with E-state index in [1.54, 1.807) is 47.4 Å². The van der Waals surface area contributed by atoms with Gasteiger partial charge in [0.2, 0.25) is 5.91 Å². The van der Waals surface area contributed by atoms with Crippen molar-refractivity contribution in [1.29, 1.82) is 0 Å². The zero-order chi connectivity index (χ0) is 21.1. The molecule has 0 unspecified atom stereocenters. The summed E-state index contributed by atoms with van der Waals surface area (Å²) in [6.07, 6.45) is 3.09. The van der Waals surface area contributed by atoms with E-state index >= 15 is 0 Å². The highest BCUT2D eigenvalue weighted by Crippen LogP contribution is 2.35. The number of ether oxygens (including phenoxy) is 1. The van der Waals surface area contributed by atoms with Crippen molar-refractivity contribution in [2.75, 3.05) is 36.5 Å². The van der Waals surface area contributed by atoms with E-state index in [-0.39, 0.29) is 30.9 Å². The molecule has 156 valence electrons. The van der Waals surface area contributed by atoms with Crippen molar-refractivity contribution in [2.24, 2.45) is 0 Å². The quantitative estimate of drug-likeness (QED) is 0.811. The minimum Gasteiger partial charge on any atom is -0.482 e. The van der Waals surface area contributed by atoms with Crippen molar-refractivity contribution in [3.8, 4) is 5.75 Å². The third-order valence-electron chi connectivity index (χ3n) is 5.25. The molecule has 8 heteroatoms. The fraction of sp³-hybridized carbons (Fsp3) is 0.318. The molecule has 3 amide bonds. The monoisotopic (exact) mass is 427 g/mol. The molecule has 1 saturated heterocycles. The van der Waals surface area contributed by atoms with Crippen LogP contribution in [0.3, 0.4) is 0 Å². The molecule has 2 heterocycles. The Hall–Kier alpha value is -3.06. The summed E-state index contributed by atoms with van der Waals surface area (Å²) >= 11 is 5.96. The largest absolute Gasteiger partial charge is 0.482 e. The lowest BCUT2D eigenvalue weighted by Crippen LogP contribution is -2.47. The van der Waals surface area contributed by atoms with Gasteiger partial charge in [-0.05, 0) is 55.7 Å². The third-order valence-corrected chi connectivity index (χ3v) is 5.48. The van der Waals surface area contributed by atoms with Crippen LogP contribution in [0.4, 0.5) is 11.4 Å². The van der Waals surface area contributed by atoms with Gasteiger partial charge in [0.15, 0.2) is 6.61 Å². The molecule has 2 aliphatic rings. The van der Waals surface area contributed by atoms with E-state index in [4.69, 9.17) is 16.3 Å². The second kappa shape index (κ2) is 8.75. The van der Waals surface area contributed by atoms with Crippen molar-refractivity contribution in [2.45, 2.75) is 19.3 Å². The van der Waals surface area contributed by atoms with Crippen LogP contribution in [0, 0.1) is 0 Å². The van der Waals surface area contributed by atoms with Crippen LogP contribution in [-0.4, -0.2) is 48.9 Å². The second-order valence-electron chi connectivity index (χ2n) is 7.36. The molecule has 0 bridgehead atoms. The number of amides is 3. The van der Waals surface area contributed by atoms with Gasteiger partial charge in [0.05, 0.1) is 5.69 Å². The average molecular weight is 428 g/mol. The lowest BCUT2D eigenvalue weighted by atomic mass is 10.1. The number of halogens is 1. The number of anilines is 2. The van der Waals surface area contributed by atoms with E-state index in [1.165, 1.54) is 4.90 Å². The van der Waals surface area contributed by atoms with Gasteiger partial charge < -0.3 is 15.0 Å². The van der Waals surface area contributed by atoms with Crippen LogP contribution < -0.4 is 15.0 Å². The summed E-state index contributed by atoms with van der Waals surface area (Å²) in [5.74, 6) is -0.186. The van der Waals surface area contributed by atoms with Gasteiger partial charge in [-0.1, -0.05) is 17.7 Å². The van der Waals surface area contributed by atoms with Crippen molar-refractivity contribution < 1.29 is 19.1 Å². The Balaban J connectivity index is 1.53. The molecule has 0 atom stereocenters. The Bertz CT molecular complexity index is 988. The number of nitrogens with one attached hydrogen (secondary N) is 1. The van der Waals surface area contributed by atoms with Crippen LogP contribution >= 0.6 is 11.6 Å². The second-order valence-corrected chi connectivity index (χ2v) is 7.79. The zero-order valence-corrected chi connectivity index (χ0v) is 17.2. The number of hydrogen-bond donors (Lipinski definition) is 1. The van der Waals surface area contributed by atoms with Gasteiger partial charge in [0.25, 0.3) is 11.8 Å². The number of likely N-dealkylation sites (tertiary alicyclic amines) is 1. The van der Waals surface area contributed by atoms with Crippen molar-refractivity contribution >= 4 is 40.7 Å². The van der Waals surface area contributed by atoms with Crippen molar-refractivity contribution in [3.63, 3.8) is 0 Å². The Morgan fingerprint density at radius 1 is 1.07 bits per heavy atom. The van der Waals surface area contributed by atoms with Crippen LogP contribution in [0.5, 0.6) is 5.75 Å². The minimum absolute atomic E-state index is 0.0408. The summed E-state index contributed by atoms with van der Waals surface area (Å²) in [7, 11) is 0. The van der Waals surface area contributed by atoms with Crippen LogP contribution in [0.1, 0.15) is 29.6 Å². The molecule has 2 aliphatic heterocycles. The highest BCUT2D eigenvalue weighted by molar-refractivity contribution is 6.31. The summed E-state index contributed by atoms with van der Waals surface area (Å²) in [6.45, 7) is 1.29. The number of fused-ring (bicyclic) bond motifs is 1. The fourth-order valence-corrected chi connectivity index (χ4v) is 3.86. The van der Waals surface area contributed by atoms with Gasteiger partial charge in [-0.25, -0.2) is 0 Å². The van der Waals surface area contributed by atoms with Crippen LogP contribution in [-0.2, 0) is 9.59 Å². The molecule has 0 saturated carbocycles. The first-order chi connectivity index (χ1) is 14.5. The zero-order valence-electron chi connectivity index (χ0n) is 16.4. The highest BCUT2D eigenvalue weighted by Gasteiger charge is 2.29. The van der Waals surface area contributed by atoms with E-state index in [2.05, 4.69) is 5.32 Å². The number of hydrogen-bond acceptors (Lipinski definition) is 4. The molecular weight excluding hydrogens is 406 g/mol. The van der Waals surface area contributed by atoms with Crippen LogP contribution in [0.15, 0.2) is 42.5 Å². The first-order valence-corrected chi connectivity index (χ1v) is 10.3. The van der Waals surface area contributed by atoms with E-state index in [1.807, 2.05) is 0 Å². The molecular formula is C22H22ClN3O4. The smallest absolute Gasteiger partial charge is 0.265 e. The number of piperidine rings is 1. The Morgan fingerprint density at radius 2 is 1.87 bits per heavy atom. The molecule has 4 rings (SSSR count). The molecule has 0 aliphatic carbocycles. The third kappa shape index (κ3) is 4.41. The van der Waals surface area contributed by atoms with Crippen LogP contribution in [0.2, 0.25) is 5.02 Å². The van der Waals surface area contributed by atoms with Gasteiger partial charge in [-0.2, -0.15) is 0 Å². The Kier molecular flexibility index (Phi) is 5.90. The van der Waals surface area contributed by atoms with Gasteiger partial charge in [0.1, 0.15) is 12.3 Å². The maximum atomic E-state index is 12.7. The van der Waals surface area contributed by atoms with Crippen molar-refractivity contribution in [3.05, 3.63) is 53.1 Å². The summed E-state index contributed by atoms with van der Waals surface area (Å²) in [4.78, 5) is 41.0. The summed E-state index contributed by atoms with van der Waals surface area (Å²) in [5.41, 5.74) is 1.39. The first kappa shape index (κ1) is 20.2. The number of benzene rings is 2. The van der Waals surface area contributed by atoms with E-state index < -0.39 is 0 Å². The van der Waals surface area contributed by atoms with E-state index in [0.717, 1.165) is 32.4 Å². The number of rotatable bonds is 4. The Labute approximate surface area is 179 Å². The summed E-state index contributed by atoms with van der Waals surface area (Å²) in [6, 6.07) is 11.7. The number of carbonyl (C=O) groups excluding carboxylic acids is 3. The molecule has 0 spiro atoms. The standard InChI is InChI=1S/C22H22ClN3O4/c23-16-6-4-5-15(11-16)22(29)24-17-7-8-19-18(12-17)26(21(28)14-30-19)13-20(27)25-9-2-1-3-10-25/h4-8,11-12H,1-3,9-10,13-14H2,(H,24,29). The minimum atomic E-state index is -0.323. The maximum Gasteiger partial charge on any atom is 0.265 e. The molecule has 1 N–H and O–H groups in total. The van der Waals surface area contributed by atoms with Gasteiger partial charge in [-0.15, -0.1) is 0 Å². The predicted molar refractivity (Wildman–Crippen MR) is 114 cm³/mol. The van der Waals surface area contributed by atoms with Gasteiger partial charge in [-0.3, -0.25) is 19.3 Å². The first-order valence-electron chi connectivity index (χ1n) is 9.93. The normalized spacial score (nSPS) is 16.0. The van der Waals surface area contributed by atoms with E-state index in [0.29, 0.717) is 27.7 Å². The number of nitrogens with zero attached hydrogens (tertiary/aromatic N) is 2. The lowest BCUT2D eigenvalue weighted by molar-refractivity contribution is -0.132. The summed E-state index contributed by atoms with van der Waals surface area (Å²) < 4.78 is 5.51. The topological polar surface area (TPSA) is 79.0 Å². The fourth-order valence-electron chi connectivity index (χ4n) is 3.66. The number of carbonyl (C=O) groups is 3. The highest BCUT2D eigenvalue weighted by atomic mass is 35.5. The molecule has 7 nitrogen and oxygen atoms in total. The van der Waals surface area contributed by atoms with E-state index in [9.17, 15) is 14.4 Å². The Morgan fingerprint density at radius 3 is 2.63 bits per heavy atom. The molecule has 0 aromatic heterocycles. The molecule has 30 heavy (non-hydrogen) atoms. The predicted octanol–water partition coefficient (Wildman–Crippen LogP) is 3.33. The lowest BCUT2D eigenvalue weighted by Gasteiger charge is -2.33. The maximum absolute atomic E-state index is 12.7. The van der Waals surface area contributed by atoms with Gasteiger partial charge >= 0.3 is 0 Å². The SMILES string of the molecule is O=C(Nc1ccc2c(c1)N(CC(=O)N1CCCCC1)C(=O)CO2)c1cccc(Cl)c1. The molecule has 2 aromatic rings. The molecule has 0 radical (unpaired) electrons. The van der Waals surface area contributed by atoms with Crippen LogP contribution in [0.25, 0.3) is 0 Å². The average Bonchev–Trinajstić information content (AvgIpc) is 2.76. The molecule has 2 aromatic carbocycles.